The summed E-state index contributed by atoms with van der Waals surface area (Å²) in [5.41, 5.74) is 12.1. The molecule has 0 aliphatic heterocycles. The van der Waals surface area contributed by atoms with Gasteiger partial charge in [-0.2, -0.15) is 0 Å². The largest absolute Gasteiger partial charge is 0.497 e. The van der Waals surface area contributed by atoms with Crippen molar-refractivity contribution in [3.05, 3.63) is 114 Å². The van der Waals surface area contributed by atoms with Gasteiger partial charge in [-0.1, -0.05) is 36.9 Å². The zero-order valence-electron chi connectivity index (χ0n) is 25.3. The van der Waals surface area contributed by atoms with Crippen molar-refractivity contribution < 1.29 is 23.7 Å². The van der Waals surface area contributed by atoms with Crippen molar-refractivity contribution in [3.63, 3.8) is 0 Å². The highest BCUT2D eigenvalue weighted by atomic mass is 16.5. The first-order valence-corrected chi connectivity index (χ1v) is 14.0. The summed E-state index contributed by atoms with van der Waals surface area (Å²) in [6, 6.07) is 27.5. The minimum Gasteiger partial charge on any atom is -0.497 e. The zero-order valence-corrected chi connectivity index (χ0v) is 25.3. The summed E-state index contributed by atoms with van der Waals surface area (Å²) >= 11 is 0. The van der Waals surface area contributed by atoms with Gasteiger partial charge in [-0.3, -0.25) is 9.78 Å². The molecular formula is C36H35N3O5. The molecule has 44 heavy (non-hydrogen) atoms. The molecule has 0 aliphatic rings. The van der Waals surface area contributed by atoms with Crippen molar-refractivity contribution in [3.8, 4) is 34.1 Å². The number of nitrogens with zero attached hydrogens (tertiary/aromatic N) is 2. The van der Waals surface area contributed by atoms with E-state index in [0.29, 0.717) is 18.7 Å². The van der Waals surface area contributed by atoms with Gasteiger partial charge < -0.3 is 29.6 Å². The Hall–Kier alpha value is -5.50. The average molecular weight is 590 g/mol. The van der Waals surface area contributed by atoms with E-state index in [1.54, 1.807) is 28.4 Å². The molecule has 0 fully saturated rings. The predicted octanol–water partition coefficient (Wildman–Crippen LogP) is 6.64. The Labute approximate surface area is 257 Å². The minimum absolute atomic E-state index is 0.270. The van der Waals surface area contributed by atoms with Crippen molar-refractivity contribution in [1.82, 2.24) is 4.98 Å². The van der Waals surface area contributed by atoms with Crippen LogP contribution in [-0.4, -0.2) is 39.3 Å². The number of fused-ring (bicyclic) bond motifs is 1. The van der Waals surface area contributed by atoms with Crippen LogP contribution in [0.25, 0.3) is 27.6 Å². The number of methoxy groups -OCH3 is 4. The summed E-state index contributed by atoms with van der Waals surface area (Å²) in [4.78, 5) is 18.7. The van der Waals surface area contributed by atoms with Crippen molar-refractivity contribution in [2.24, 2.45) is 5.73 Å². The van der Waals surface area contributed by atoms with Gasteiger partial charge in [0.1, 0.15) is 23.0 Å². The molecule has 1 aromatic heterocycles. The maximum absolute atomic E-state index is 11.7. The van der Waals surface area contributed by atoms with E-state index < -0.39 is 5.91 Å². The van der Waals surface area contributed by atoms with Crippen LogP contribution < -0.4 is 29.6 Å². The molecule has 0 aliphatic carbocycles. The topological polar surface area (TPSA) is 96.1 Å². The number of nitrogens with two attached hydrogens (primary N) is 1. The molecule has 4 aromatic carbocycles. The number of pyridine rings is 1. The lowest BCUT2D eigenvalue weighted by Crippen LogP contribution is -2.23. The number of primary amides is 1. The number of aromatic nitrogens is 1. The summed E-state index contributed by atoms with van der Waals surface area (Å²) in [7, 11) is 6.59. The van der Waals surface area contributed by atoms with E-state index in [0.717, 1.165) is 61.8 Å². The number of hydrogen-bond acceptors (Lipinski definition) is 7. The van der Waals surface area contributed by atoms with Gasteiger partial charge in [0, 0.05) is 59.2 Å². The Balaban J connectivity index is 1.59. The van der Waals surface area contributed by atoms with Crippen molar-refractivity contribution >= 4 is 28.1 Å². The molecule has 224 valence electrons. The van der Waals surface area contributed by atoms with Crippen LogP contribution in [0, 0.1) is 0 Å². The number of amides is 1. The Morgan fingerprint density at radius 2 is 1.36 bits per heavy atom. The van der Waals surface area contributed by atoms with Gasteiger partial charge in [0.2, 0.25) is 5.91 Å². The fourth-order valence-electron chi connectivity index (χ4n) is 5.22. The van der Waals surface area contributed by atoms with E-state index in [9.17, 15) is 4.79 Å². The van der Waals surface area contributed by atoms with E-state index in [2.05, 4.69) is 23.6 Å². The van der Waals surface area contributed by atoms with Crippen LogP contribution in [0.4, 0.5) is 5.69 Å². The van der Waals surface area contributed by atoms with Crippen LogP contribution in [-0.2, 0) is 17.9 Å². The predicted molar refractivity (Wildman–Crippen MR) is 174 cm³/mol. The van der Waals surface area contributed by atoms with Crippen LogP contribution in [0.2, 0.25) is 0 Å². The maximum Gasteiger partial charge on any atom is 0.248 e. The van der Waals surface area contributed by atoms with Gasteiger partial charge in [0.25, 0.3) is 0 Å². The summed E-state index contributed by atoms with van der Waals surface area (Å²) in [5, 5.41) is 0.980. The molecule has 0 saturated carbocycles. The second kappa shape index (κ2) is 13.2. The van der Waals surface area contributed by atoms with Crippen LogP contribution in [0.1, 0.15) is 16.7 Å². The van der Waals surface area contributed by atoms with E-state index in [1.165, 1.54) is 0 Å². The maximum atomic E-state index is 11.7. The van der Waals surface area contributed by atoms with Crippen LogP contribution >= 0.6 is 0 Å². The number of anilines is 1. The molecule has 1 heterocycles. The molecule has 8 nitrogen and oxygen atoms in total. The molecule has 0 unspecified atom stereocenters. The average Bonchev–Trinajstić information content (AvgIpc) is 3.07. The Bertz CT molecular complexity index is 1780. The Kier molecular flexibility index (Phi) is 9.00. The molecule has 2 N–H and O–H groups in total. The van der Waals surface area contributed by atoms with Gasteiger partial charge in [0.05, 0.1) is 34.0 Å². The van der Waals surface area contributed by atoms with Crippen LogP contribution in [0.15, 0.2) is 97.7 Å². The summed E-state index contributed by atoms with van der Waals surface area (Å²) in [6.45, 7) is 4.91. The first-order valence-electron chi connectivity index (χ1n) is 14.0. The highest BCUT2D eigenvalue weighted by Gasteiger charge is 2.18. The molecular weight excluding hydrogens is 554 g/mol. The monoisotopic (exact) mass is 589 g/mol. The van der Waals surface area contributed by atoms with Gasteiger partial charge >= 0.3 is 0 Å². The zero-order chi connectivity index (χ0) is 31.2. The number of ether oxygens (including phenoxy) is 4. The van der Waals surface area contributed by atoms with Gasteiger partial charge in [-0.15, -0.1) is 0 Å². The number of hydrogen-bond donors (Lipinski definition) is 1. The highest BCUT2D eigenvalue weighted by molar-refractivity contribution is 6.18. The summed E-state index contributed by atoms with van der Waals surface area (Å²) in [5.74, 6) is 2.36. The lowest BCUT2D eigenvalue weighted by atomic mass is 9.98. The van der Waals surface area contributed by atoms with E-state index in [4.69, 9.17) is 29.7 Å². The first kappa shape index (κ1) is 30.0. The quantitative estimate of drug-likeness (QED) is 0.163. The number of carbonyl (C=O) groups excluding carboxylic acids is 1. The van der Waals surface area contributed by atoms with Gasteiger partial charge in [-0.05, 0) is 59.2 Å². The normalized spacial score (nSPS) is 10.7. The fourth-order valence-corrected chi connectivity index (χ4v) is 5.22. The molecule has 0 atom stereocenters. The second-order valence-corrected chi connectivity index (χ2v) is 10.2. The second-order valence-electron chi connectivity index (χ2n) is 10.2. The number of rotatable bonds is 12. The molecule has 8 heteroatoms. The van der Waals surface area contributed by atoms with Gasteiger partial charge in [-0.25, -0.2) is 0 Å². The lowest BCUT2D eigenvalue weighted by molar-refractivity contribution is -0.112. The number of carbonyl (C=O) groups is 1. The molecule has 0 radical (unpaired) electrons. The first-order chi connectivity index (χ1) is 21.3. The van der Waals surface area contributed by atoms with Gasteiger partial charge in [0.15, 0.2) is 0 Å². The molecule has 1 amide bonds. The van der Waals surface area contributed by atoms with Crippen molar-refractivity contribution in [2.45, 2.75) is 13.1 Å². The van der Waals surface area contributed by atoms with E-state index in [-0.39, 0.29) is 5.57 Å². The molecule has 0 saturated heterocycles. The third-order valence-corrected chi connectivity index (χ3v) is 7.61. The molecule has 5 aromatic rings. The number of benzene rings is 4. The lowest BCUT2D eigenvalue weighted by Gasteiger charge is -2.28. The van der Waals surface area contributed by atoms with E-state index >= 15 is 0 Å². The Morgan fingerprint density at radius 1 is 0.750 bits per heavy atom. The third kappa shape index (κ3) is 6.29. The summed E-state index contributed by atoms with van der Waals surface area (Å²) in [6.07, 6.45) is 1.82. The molecule has 5 rings (SSSR count). The SMILES string of the molecule is C=C(C(N)=O)c1cccc(-c2ccc3c(N(Cc4ccc(OC)cc4OC)Cc4ccc(OC)cc4OC)ccnc3c2)c1. The summed E-state index contributed by atoms with van der Waals surface area (Å²) < 4.78 is 22.4. The van der Waals surface area contributed by atoms with Crippen molar-refractivity contribution in [1.29, 1.82) is 0 Å². The molecule has 0 spiro atoms. The third-order valence-electron chi connectivity index (χ3n) is 7.61. The van der Waals surface area contributed by atoms with Crippen LogP contribution in [0.3, 0.4) is 0 Å². The highest BCUT2D eigenvalue weighted by Crippen LogP contribution is 2.35. The smallest absolute Gasteiger partial charge is 0.248 e. The van der Waals surface area contributed by atoms with E-state index in [1.807, 2.05) is 79.0 Å². The van der Waals surface area contributed by atoms with Crippen molar-refractivity contribution in [2.75, 3.05) is 33.3 Å². The minimum atomic E-state index is -0.547. The standard InChI is InChI=1S/C36H35N3O5/c1-23(36(37)40)24-7-6-8-25(17-24)26-11-14-31-32(18-26)38-16-15-33(31)39(21-27-9-12-29(41-2)19-34(27)43-4)22-28-10-13-30(42-3)20-35(28)44-5/h6-20H,1,21-22H2,2-5H3,(H2,37,40). The Morgan fingerprint density at radius 3 is 1.93 bits per heavy atom. The van der Waals surface area contributed by atoms with Crippen LogP contribution in [0.5, 0.6) is 23.0 Å². The fraction of sp³-hybridized carbons (Fsp3) is 0.167. The molecule has 0 bridgehead atoms.